The maximum absolute atomic E-state index is 11.5. The van der Waals surface area contributed by atoms with E-state index in [2.05, 4.69) is 49.4 Å². The molecule has 39 heavy (non-hydrogen) atoms. The Labute approximate surface area is 233 Å². The molecule has 0 aliphatic carbocycles. The molecule has 3 aromatic rings. The molecule has 1 unspecified atom stereocenters. The molecule has 0 saturated carbocycles. The highest BCUT2D eigenvalue weighted by molar-refractivity contribution is 5.85. The van der Waals surface area contributed by atoms with E-state index in [1.54, 1.807) is 6.07 Å². The van der Waals surface area contributed by atoms with E-state index in [9.17, 15) is 9.90 Å². The number of carbonyl (C=O) groups is 1. The van der Waals surface area contributed by atoms with Crippen molar-refractivity contribution >= 4 is 29.9 Å². The van der Waals surface area contributed by atoms with Crippen LogP contribution in [0.1, 0.15) is 42.5 Å². The first-order chi connectivity index (χ1) is 18.5. The van der Waals surface area contributed by atoms with Crippen molar-refractivity contribution in [3.8, 4) is 11.5 Å². The van der Waals surface area contributed by atoms with E-state index in [-0.39, 0.29) is 31.5 Å². The van der Waals surface area contributed by atoms with Gasteiger partial charge in [-0.05, 0) is 43.7 Å². The van der Waals surface area contributed by atoms with Crippen molar-refractivity contribution in [3.05, 3.63) is 53.8 Å². The number of fused-ring (bicyclic) bond motifs is 1. The molecule has 5 rings (SSSR count). The summed E-state index contributed by atoms with van der Waals surface area (Å²) < 4.78 is 16.3. The van der Waals surface area contributed by atoms with Gasteiger partial charge in [0.15, 0.2) is 17.3 Å². The van der Waals surface area contributed by atoms with Crippen LogP contribution < -0.4 is 19.7 Å². The fourth-order valence-corrected chi connectivity index (χ4v) is 4.77. The highest BCUT2D eigenvalue weighted by Crippen LogP contribution is 2.36. The Balaban J connectivity index is 0.00000353. The van der Waals surface area contributed by atoms with Crippen LogP contribution >= 0.6 is 12.4 Å². The van der Waals surface area contributed by atoms with Gasteiger partial charge in [-0.1, -0.05) is 11.2 Å². The van der Waals surface area contributed by atoms with Crippen molar-refractivity contribution in [2.45, 2.75) is 38.0 Å². The number of aliphatic carboxylic acids is 1. The first kappa shape index (κ1) is 28.4. The molecular formula is C27H35ClN6O5. The molecule has 12 heteroatoms. The van der Waals surface area contributed by atoms with Crippen LogP contribution in [0.3, 0.4) is 0 Å². The number of benzene rings is 1. The van der Waals surface area contributed by atoms with Crippen molar-refractivity contribution in [1.82, 2.24) is 20.0 Å². The second kappa shape index (κ2) is 13.5. The number of pyridine rings is 1. The Morgan fingerprint density at radius 2 is 1.92 bits per heavy atom. The lowest BCUT2D eigenvalue weighted by Crippen LogP contribution is -2.44. The Hall–Kier alpha value is -3.57. The van der Waals surface area contributed by atoms with Crippen LogP contribution in [0.4, 0.5) is 11.5 Å². The molecule has 1 atom stereocenters. The summed E-state index contributed by atoms with van der Waals surface area (Å²) in [5, 5.41) is 16.9. The van der Waals surface area contributed by atoms with Gasteiger partial charge < -0.3 is 34.2 Å². The van der Waals surface area contributed by atoms with Gasteiger partial charge in [-0.15, -0.1) is 12.4 Å². The molecule has 0 spiro atoms. The fourth-order valence-electron chi connectivity index (χ4n) is 4.77. The van der Waals surface area contributed by atoms with Crippen LogP contribution in [-0.2, 0) is 17.6 Å². The lowest BCUT2D eigenvalue weighted by molar-refractivity contribution is -0.137. The summed E-state index contributed by atoms with van der Waals surface area (Å²) in [4.78, 5) is 25.2. The number of ether oxygens (including phenoxy) is 2. The number of nitrogens with one attached hydrogen (secondary N) is 1. The highest BCUT2D eigenvalue weighted by atomic mass is 35.5. The van der Waals surface area contributed by atoms with E-state index in [0.29, 0.717) is 36.1 Å². The van der Waals surface area contributed by atoms with E-state index >= 15 is 0 Å². The van der Waals surface area contributed by atoms with Gasteiger partial charge in [0, 0.05) is 69.4 Å². The van der Waals surface area contributed by atoms with Crippen molar-refractivity contribution < 1.29 is 23.9 Å². The Bertz CT molecular complexity index is 1230. The third kappa shape index (κ3) is 7.73. The summed E-state index contributed by atoms with van der Waals surface area (Å²) in [7, 11) is 2.16. The van der Waals surface area contributed by atoms with Crippen LogP contribution in [0.25, 0.3) is 0 Å². The number of nitrogens with zero attached hydrogens (tertiary/aromatic N) is 5. The predicted octanol–water partition coefficient (Wildman–Crippen LogP) is 3.60. The first-order valence-corrected chi connectivity index (χ1v) is 13.1. The summed E-state index contributed by atoms with van der Waals surface area (Å²) in [6.45, 7) is 5.17. The van der Waals surface area contributed by atoms with Crippen molar-refractivity contribution in [1.29, 1.82) is 0 Å². The molecule has 1 aromatic carbocycles. The molecule has 2 aromatic heterocycles. The minimum atomic E-state index is -0.886. The number of hydrogen-bond donors (Lipinski definition) is 2. The summed E-state index contributed by atoms with van der Waals surface area (Å²) in [6, 6.07) is 9.68. The number of rotatable bonds is 12. The third-order valence-corrected chi connectivity index (χ3v) is 6.97. The SMILES string of the molecule is CN1CCN(c2ccnc(NCCCCc3noc(CC(CC(=O)O)c4ccc5c(c4)OCO5)n3)c2)CC1.Cl. The number of hydrogen-bond acceptors (Lipinski definition) is 10. The molecular weight excluding hydrogens is 524 g/mol. The van der Waals surface area contributed by atoms with E-state index in [1.165, 1.54) is 5.69 Å². The first-order valence-electron chi connectivity index (χ1n) is 13.1. The van der Waals surface area contributed by atoms with Crippen molar-refractivity contribution in [2.75, 3.05) is 56.8 Å². The molecule has 4 heterocycles. The zero-order valence-electron chi connectivity index (χ0n) is 22.0. The number of likely N-dealkylation sites (N-methyl/N-ethyl adjacent to an activating group) is 1. The number of carboxylic acid groups (broad SMARTS) is 1. The Morgan fingerprint density at radius 1 is 1.10 bits per heavy atom. The van der Waals surface area contributed by atoms with E-state index < -0.39 is 5.97 Å². The quantitative estimate of drug-likeness (QED) is 0.316. The van der Waals surface area contributed by atoms with Gasteiger partial charge in [0.25, 0.3) is 0 Å². The van der Waals surface area contributed by atoms with Crippen LogP contribution in [0, 0.1) is 0 Å². The topological polar surface area (TPSA) is 126 Å². The summed E-state index contributed by atoms with van der Waals surface area (Å²) in [5.74, 6) is 2.05. The number of aromatic nitrogens is 3. The average Bonchev–Trinajstić information content (AvgIpc) is 3.57. The maximum atomic E-state index is 11.5. The smallest absolute Gasteiger partial charge is 0.303 e. The van der Waals surface area contributed by atoms with E-state index in [0.717, 1.165) is 56.9 Å². The second-order valence-corrected chi connectivity index (χ2v) is 9.79. The normalized spacial score (nSPS) is 15.6. The van der Waals surface area contributed by atoms with Gasteiger partial charge in [-0.3, -0.25) is 4.79 Å². The Morgan fingerprint density at radius 3 is 2.74 bits per heavy atom. The second-order valence-electron chi connectivity index (χ2n) is 9.79. The van der Waals surface area contributed by atoms with E-state index in [4.69, 9.17) is 14.0 Å². The zero-order valence-corrected chi connectivity index (χ0v) is 22.9. The largest absolute Gasteiger partial charge is 0.481 e. The fraction of sp³-hybridized carbons (Fsp3) is 0.481. The van der Waals surface area contributed by atoms with Crippen molar-refractivity contribution in [3.63, 3.8) is 0 Å². The molecule has 2 aliphatic rings. The molecule has 2 N–H and O–H groups in total. The molecule has 11 nitrogen and oxygen atoms in total. The number of anilines is 2. The van der Waals surface area contributed by atoms with Gasteiger partial charge in [0.05, 0.1) is 6.42 Å². The molecule has 210 valence electrons. The number of halogens is 1. The van der Waals surface area contributed by atoms with Crippen LogP contribution in [0.2, 0.25) is 0 Å². The molecule has 0 amide bonds. The van der Waals surface area contributed by atoms with Gasteiger partial charge in [0.1, 0.15) is 5.82 Å². The minimum Gasteiger partial charge on any atom is -0.481 e. The van der Waals surface area contributed by atoms with Gasteiger partial charge >= 0.3 is 5.97 Å². The monoisotopic (exact) mass is 558 g/mol. The van der Waals surface area contributed by atoms with Crippen LogP contribution in [-0.4, -0.2) is 77.7 Å². The minimum absolute atomic E-state index is 0. The van der Waals surface area contributed by atoms with Crippen LogP contribution in [0.5, 0.6) is 11.5 Å². The standard InChI is InChI=1S/C27H34N6O5.ClH/c1-32-10-12-33(13-11-32)21-7-9-29-25(17-21)28-8-3-2-4-24-30-26(38-31-24)15-20(16-27(34)35)19-5-6-22-23(14-19)37-18-36-22;/h5-7,9,14,17,20H,2-4,8,10-13,15-16,18H2,1H3,(H,28,29)(H,34,35);1H. The molecule has 0 radical (unpaired) electrons. The lowest BCUT2D eigenvalue weighted by Gasteiger charge is -2.34. The number of piperazine rings is 1. The Kier molecular flexibility index (Phi) is 9.83. The summed E-state index contributed by atoms with van der Waals surface area (Å²) in [5.41, 5.74) is 2.05. The number of carboxylic acids is 1. The maximum Gasteiger partial charge on any atom is 0.303 e. The van der Waals surface area contributed by atoms with E-state index in [1.807, 2.05) is 18.3 Å². The zero-order chi connectivity index (χ0) is 26.3. The summed E-state index contributed by atoms with van der Waals surface area (Å²) >= 11 is 0. The lowest BCUT2D eigenvalue weighted by atomic mass is 9.92. The predicted molar refractivity (Wildman–Crippen MR) is 148 cm³/mol. The molecule has 0 bridgehead atoms. The number of unbranched alkanes of at least 4 members (excludes halogenated alkanes) is 1. The third-order valence-electron chi connectivity index (χ3n) is 6.97. The summed E-state index contributed by atoms with van der Waals surface area (Å²) in [6.07, 6.45) is 4.67. The number of aryl methyl sites for hydroxylation is 1. The van der Waals surface area contributed by atoms with Crippen LogP contribution in [0.15, 0.2) is 41.1 Å². The molecule has 1 fully saturated rings. The van der Waals surface area contributed by atoms with Crippen molar-refractivity contribution in [2.24, 2.45) is 0 Å². The molecule has 2 aliphatic heterocycles. The van der Waals surface area contributed by atoms with Gasteiger partial charge in [-0.2, -0.15) is 4.98 Å². The highest BCUT2D eigenvalue weighted by Gasteiger charge is 2.23. The van der Waals surface area contributed by atoms with Gasteiger partial charge in [0.2, 0.25) is 12.7 Å². The van der Waals surface area contributed by atoms with Gasteiger partial charge in [-0.25, -0.2) is 4.98 Å². The molecule has 1 saturated heterocycles. The average molecular weight is 559 g/mol.